The molecule has 0 radical (unpaired) electrons. The number of hydrogen-bond donors (Lipinski definition) is 1. The van der Waals surface area contributed by atoms with E-state index in [1.165, 1.54) is 0 Å². The van der Waals surface area contributed by atoms with Crippen LogP contribution in [0.5, 0.6) is 11.6 Å². The molecular formula is C15H15F2N3O. The highest BCUT2D eigenvalue weighted by Crippen LogP contribution is 2.40. The highest BCUT2D eigenvalue weighted by molar-refractivity contribution is 5.49. The predicted molar refractivity (Wildman–Crippen MR) is 74.7 cm³/mol. The molecule has 3 rings (SSSR count). The molecule has 0 saturated heterocycles. The first-order valence-corrected chi connectivity index (χ1v) is 6.77. The molecule has 21 heavy (non-hydrogen) atoms. The Morgan fingerprint density at radius 2 is 2.00 bits per heavy atom. The largest absolute Gasteiger partial charge is 0.435 e. The van der Waals surface area contributed by atoms with Crippen LogP contribution in [-0.4, -0.2) is 17.0 Å². The lowest BCUT2D eigenvalue weighted by Crippen LogP contribution is -2.05. The molecule has 0 aliphatic heterocycles. The molecule has 0 atom stereocenters. The van der Waals surface area contributed by atoms with Crippen LogP contribution >= 0.6 is 0 Å². The Morgan fingerprint density at radius 1 is 1.24 bits per heavy atom. The van der Waals surface area contributed by atoms with Crippen molar-refractivity contribution < 1.29 is 13.5 Å². The molecule has 1 aliphatic carbocycles. The van der Waals surface area contributed by atoms with Crippen molar-refractivity contribution in [1.29, 1.82) is 0 Å². The van der Waals surface area contributed by atoms with E-state index >= 15 is 0 Å². The van der Waals surface area contributed by atoms with Crippen LogP contribution in [0.2, 0.25) is 0 Å². The summed E-state index contributed by atoms with van der Waals surface area (Å²) in [5.74, 6) is 0.525. The number of rotatable bonds is 4. The van der Waals surface area contributed by atoms with E-state index < -0.39 is 11.6 Å². The number of hydrogen-bond acceptors (Lipinski definition) is 4. The fraction of sp³-hybridized carbons (Fsp3) is 0.333. The zero-order valence-corrected chi connectivity index (χ0v) is 11.8. The third-order valence-corrected chi connectivity index (χ3v) is 3.40. The average Bonchev–Trinajstić information content (AvgIpc) is 3.29. The van der Waals surface area contributed by atoms with Crippen molar-refractivity contribution in [3.63, 3.8) is 0 Å². The summed E-state index contributed by atoms with van der Waals surface area (Å²) in [5, 5.41) is 2.97. The van der Waals surface area contributed by atoms with Gasteiger partial charge in [-0.1, -0.05) is 0 Å². The maximum atomic E-state index is 13.7. The summed E-state index contributed by atoms with van der Waals surface area (Å²) in [7, 11) is 1.75. The van der Waals surface area contributed by atoms with Crippen LogP contribution in [-0.2, 0) is 0 Å². The number of halogens is 2. The van der Waals surface area contributed by atoms with Crippen LogP contribution in [0.1, 0.15) is 30.1 Å². The van der Waals surface area contributed by atoms with Crippen molar-refractivity contribution in [3.8, 4) is 11.6 Å². The highest BCUT2D eigenvalue weighted by atomic mass is 19.1. The second-order valence-corrected chi connectivity index (χ2v) is 5.06. The van der Waals surface area contributed by atoms with Gasteiger partial charge < -0.3 is 10.1 Å². The third-order valence-electron chi connectivity index (χ3n) is 3.40. The van der Waals surface area contributed by atoms with Gasteiger partial charge in [0.15, 0.2) is 11.6 Å². The highest BCUT2D eigenvalue weighted by Gasteiger charge is 2.28. The monoisotopic (exact) mass is 291 g/mol. The normalized spacial score (nSPS) is 14.1. The van der Waals surface area contributed by atoms with Gasteiger partial charge in [0.25, 0.3) is 0 Å². The molecule has 1 aromatic carbocycles. The van der Waals surface area contributed by atoms with Crippen LogP contribution in [0, 0.1) is 18.6 Å². The second kappa shape index (κ2) is 5.27. The molecule has 1 aliphatic rings. The molecule has 110 valence electrons. The summed E-state index contributed by atoms with van der Waals surface area (Å²) in [4.78, 5) is 8.77. The predicted octanol–water partition coefficient (Wildman–Crippen LogP) is 3.77. The van der Waals surface area contributed by atoms with Crippen LogP contribution in [0.3, 0.4) is 0 Å². The van der Waals surface area contributed by atoms with Crippen LogP contribution in [0.25, 0.3) is 0 Å². The summed E-state index contributed by atoms with van der Waals surface area (Å²) < 4.78 is 32.4. The number of aromatic nitrogens is 2. The van der Waals surface area contributed by atoms with Gasteiger partial charge in [0.2, 0.25) is 5.88 Å². The molecular weight excluding hydrogens is 276 g/mol. The molecule has 0 amide bonds. The average molecular weight is 291 g/mol. The van der Waals surface area contributed by atoms with Crippen LogP contribution in [0.4, 0.5) is 14.6 Å². The van der Waals surface area contributed by atoms with E-state index in [0.29, 0.717) is 23.1 Å². The maximum absolute atomic E-state index is 13.7. The van der Waals surface area contributed by atoms with Crippen LogP contribution < -0.4 is 10.1 Å². The first kappa shape index (κ1) is 13.7. The van der Waals surface area contributed by atoms with Crippen molar-refractivity contribution >= 4 is 5.82 Å². The Morgan fingerprint density at radius 3 is 2.67 bits per heavy atom. The molecule has 2 aromatic rings. The van der Waals surface area contributed by atoms with Gasteiger partial charge in [-0.25, -0.2) is 13.8 Å². The fourth-order valence-corrected chi connectivity index (χ4v) is 2.04. The lowest BCUT2D eigenvalue weighted by atomic mass is 10.3. The molecule has 1 N–H and O–H groups in total. The topological polar surface area (TPSA) is 47.0 Å². The second-order valence-electron chi connectivity index (χ2n) is 5.06. The summed E-state index contributed by atoms with van der Waals surface area (Å²) in [5.41, 5.74) is 0.658. The summed E-state index contributed by atoms with van der Waals surface area (Å²) in [6.07, 6.45) is 2.08. The Kier molecular flexibility index (Phi) is 3.45. The summed E-state index contributed by atoms with van der Waals surface area (Å²) >= 11 is 0. The van der Waals surface area contributed by atoms with Gasteiger partial charge in [0, 0.05) is 19.0 Å². The van der Waals surface area contributed by atoms with E-state index in [4.69, 9.17) is 4.74 Å². The first-order chi connectivity index (χ1) is 10.1. The van der Waals surface area contributed by atoms with Gasteiger partial charge in [0.05, 0.1) is 5.56 Å². The molecule has 1 fully saturated rings. The molecule has 6 heteroatoms. The van der Waals surface area contributed by atoms with Crippen molar-refractivity contribution in [3.05, 3.63) is 41.2 Å². The van der Waals surface area contributed by atoms with Gasteiger partial charge in [-0.05, 0) is 31.9 Å². The van der Waals surface area contributed by atoms with E-state index in [2.05, 4.69) is 15.3 Å². The van der Waals surface area contributed by atoms with E-state index in [1.807, 2.05) is 0 Å². The standard InChI is InChI=1S/C15H15F2N3O/c1-8-13(18-2)19-14(9-3-4-9)20-15(8)21-12-7-10(16)5-6-11(12)17/h5-7,9H,3-4H2,1-2H3,(H,18,19,20). The van der Waals surface area contributed by atoms with E-state index in [-0.39, 0.29) is 11.6 Å². The van der Waals surface area contributed by atoms with Gasteiger partial charge in [-0.2, -0.15) is 4.98 Å². The van der Waals surface area contributed by atoms with Crippen molar-refractivity contribution in [2.45, 2.75) is 25.7 Å². The van der Waals surface area contributed by atoms with Gasteiger partial charge >= 0.3 is 0 Å². The zero-order valence-electron chi connectivity index (χ0n) is 11.8. The lowest BCUT2D eigenvalue weighted by molar-refractivity contribution is 0.417. The van der Waals surface area contributed by atoms with Gasteiger partial charge in [-0.3, -0.25) is 0 Å². The van der Waals surface area contributed by atoms with Crippen LogP contribution in [0.15, 0.2) is 18.2 Å². The van der Waals surface area contributed by atoms with E-state index in [0.717, 1.165) is 31.0 Å². The molecule has 0 spiro atoms. The van der Waals surface area contributed by atoms with Crippen molar-refractivity contribution in [1.82, 2.24) is 9.97 Å². The molecule has 0 unspecified atom stereocenters. The Bertz CT molecular complexity index is 687. The number of nitrogens with zero attached hydrogens (tertiary/aromatic N) is 2. The molecule has 1 saturated carbocycles. The summed E-state index contributed by atoms with van der Waals surface area (Å²) in [6, 6.07) is 3.08. The molecule has 4 nitrogen and oxygen atoms in total. The number of ether oxygens (including phenoxy) is 1. The van der Waals surface area contributed by atoms with E-state index in [1.54, 1.807) is 14.0 Å². The van der Waals surface area contributed by atoms with Gasteiger partial charge in [-0.15, -0.1) is 0 Å². The molecule has 1 heterocycles. The Balaban J connectivity index is 2.00. The summed E-state index contributed by atoms with van der Waals surface area (Å²) in [6.45, 7) is 1.77. The smallest absolute Gasteiger partial charge is 0.227 e. The Labute approximate surface area is 121 Å². The molecule has 1 aromatic heterocycles. The van der Waals surface area contributed by atoms with Crippen molar-refractivity contribution in [2.75, 3.05) is 12.4 Å². The number of anilines is 1. The third kappa shape index (κ3) is 2.79. The van der Waals surface area contributed by atoms with Crippen molar-refractivity contribution in [2.24, 2.45) is 0 Å². The number of benzene rings is 1. The minimum Gasteiger partial charge on any atom is -0.435 e. The quantitative estimate of drug-likeness (QED) is 0.931. The van der Waals surface area contributed by atoms with E-state index in [9.17, 15) is 8.78 Å². The fourth-order valence-electron chi connectivity index (χ4n) is 2.04. The zero-order chi connectivity index (χ0) is 15.0. The van der Waals surface area contributed by atoms with Gasteiger partial charge in [0.1, 0.15) is 17.5 Å². The number of nitrogens with one attached hydrogen (secondary N) is 1. The minimum absolute atomic E-state index is 0.180. The lowest BCUT2D eigenvalue weighted by Gasteiger charge is -2.13. The Hall–Kier alpha value is -2.24. The molecule has 0 bridgehead atoms. The maximum Gasteiger partial charge on any atom is 0.227 e. The minimum atomic E-state index is -0.631. The SMILES string of the molecule is CNc1nc(C2CC2)nc(Oc2cc(F)ccc2F)c1C. The first-order valence-electron chi connectivity index (χ1n) is 6.77.